The molecule has 0 aliphatic carbocycles. The predicted molar refractivity (Wildman–Crippen MR) is 108 cm³/mol. The highest BCUT2D eigenvalue weighted by Crippen LogP contribution is 2.37. The molecule has 0 saturated carbocycles. The van der Waals surface area contributed by atoms with E-state index in [0.29, 0.717) is 28.6 Å². The van der Waals surface area contributed by atoms with Crippen LogP contribution < -0.4 is 10.5 Å². The molecule has 28 heavy (non-hydrogen) atoms. The monoisotopic (exact) mass is 393 g/mol. The van der Waals surface area contributed by atoms with Crippen LogP contribution in [0.2, 0.25) is 0 Å². The molecular weight excluding hydrogens is 374 g/mol. The fourth-order valence-electron chi connectivity index (χ4n) is 3.43. The Balaban J connectivity index is 1.71. The molecule has 1 aromatic carbocycles. The maximum absolute atomic E-state index is 13.2. The van der Waals surface area contributed by atoms with Gasteiger partial charge in [0.2, 0.25) is 5.91 Å². The summed E-state index contributed by atoms with van der Waals surface area (Å²) < 4.78 is 1.22. The first-order chi connectivity index (χ1) is 13.5. The van der Waals surface area contributed by atoms with Gasteiger partial charge in [-0.05, 0) is 25.5 Å². The zero-order valence-corrected chi connectivity index (χ0v) is 16.4. The highest BCUT2D eigenvalue weighted by atomic mass is 32.2. The van der Waals surface area contributed by atoms with E-state index in [4.69, 9.17) is 5.26 Å². The standard InChI is InChI=1S/C20H19N5O2S/c1-12-7-8-24(16-5-3-4-6-17(16)28-12)18(26)9-15-13(2)23-19-14(10-21)11-22-25(19)20(15)27/h3-6,11-12,22H,7-9H2,1-2H3/t12-/m1/s1. The second kappa shape index (κ2) is 7.17. The van der Waals surface area contributed by atoms with E-state index in [1.165, 1.54) is 10.7 Å². The number of carbonyl (C=O) groups excluding carboxylic acids is 1. The van der Waals surface area contributed by atoms with Gasteiger partial charge in [0.15, 0.2) is 5.65 Å². The number of aromatic nitrogens is 3. The maximum atomic E-state index is 13.2. The number of hydrogen-bond donors (Lipinski definition) is 1. The Morgan fingerprint density at radius 2 is 2.21 bits per heavy atom. The number of aromatic amines is 1. The number of nitrogens with one attached hydrogen (secondary N) is 1. The number of carbonyl (C=O) groups is 1. The van der Waals surface area contributed by atoms with Gasteiger partial charge >= 0.3 is 0 Å². The molecule has 1 N–H and O–H groups in total. The summed E-state index contributed by atoms with van der Waals surface area (Å²) >= 11 is 1.77. The molecule has 1 atom stereocenters. The molecule has 2 aromatic heterocycles. The van der Waals surface area contributed by atoms with E-state index in [1.807, 2.05) is 30.3 Å². The van der Waals surface area contributed by atoms with E-state index < -0.39 is 0 Å². The number of rotatable bonds is 2. The Kier molecular flexibility index (Phi) is 4.69. The van der Waals surface area contributed by atoms with E-state index in [1.54, 1.807) is 23.6 Å². The van der Waals surface area contributed by atoms with Crippen LogP contribution >= 0.6 is 11.8 Å². The highest BCUT2D eigenvalue weighted by molar-refractivity contribution is 8.00. The first-order valence-corrected chi connectivity index (χ1v) is 9.93. The molecule has 0 spiro atoms. The third-order valence-electron chi connectivity index (χ3n) is 4.96. The number of nitriles is 1. The van der Waals surface area contributed by atoms with Crippen molar-refractivity contribution in [1.82, 2.24) is 14.6 Å². The summed E-state index contributed by atoms with van der Waals surface area (Å²) in [5.74, 6) is -0.129. The summed E-state index contributed by atoms with van der Waals surface area (Å²) in [4.78, 5) is 33.3. The van der Waals surface area contributed by atoms with Gasteiger partial charge in [-0.2, -0.15) is 5.26 Å². The summed E-state index contributed by atoms with van der Waals surface area (Å²) in [6, 6.07) is 9.87. The van der Waals surface area contributed by atoms with Crippen molar-refractivity contribution in [3.8, 4) is 6.07 Å². The molecule has 3 aromatic rings. The Morgan fingerprint density at radius 3 is 3.00 bits per heavy atom. The molecule has 0 fully saturated rings. The van der Waals surface area contributed by atoms with Crippen molar-refractivity contribution in [2.75, 3.05) is 11.4 Å². The Labute approximate surface area is 166 Å². The lowest BCUT2D eigenvalue weighted by molar-refractivity contribution is -0.118. The summed E-state index contributed by atoms with van der Waals surface area (Å²) in [7, 11) is 0. The number of nitrogens with zero attached hydrogens (tertiary/aromatic N) is 4. The maximum Gasteiger partial charge on any atom is 0.276 e. The number of anilines is 1. The number of amides is 1. The van der Waals surface area contributed by atoms with Crippen LogP contribution in [0.25, 0.3) is 5.65 Å². The molecule has 0 bridgehead atoms. The number of thioether (sulfide) groups is 1. The third-order valence-corrected chi connectivity index (χ3v) is 6.19. The number of para-hydroxylation sites is 1. The van der Waals surface area contributed by atoms with Crippen molar-refractivity contribution in [3.63, 3.8) is 0 Å². The normalized spacial score (nSPS) is 16.5. The molecule has 1 amide bonds. The van der Waals surface area contributed by atoms with Crippen molar-refractivity contribution in [3.05, 3.63) is 57.6 Å². The first-order valence-electron chi connectivity index (χ1n) is 9.05. The van der Waals surface area contributed by atoms with Crippen molar-refractivity contribution >= 4 is 29.0 Å². The van der Waals surface area contributed by atoms with Gasteiger partial charge in [0.25, 0.3) is 5.56 Å². The third kappa shape index (κ3) is 3.08. The average molecular weight is 393 g/mol. The van der Waals surface area contributed by atoms with Gasteiger partial charge in [-0.3, -0.25) is 14.7 Å². The molecular formula is C20H19N5O2S. The predicted octanol–water partition coefficient (Wildman–Crippen LogP) is 2.66. The second-order valence-electron chi connectivity index (χ2n) is 6.85. The molecule has 7 nitrogen and oxygen atoms in total. The minimum absolute atomic E-state index is 0.0328. The largest absolute Gasteiger partial charge is 0.311 e. The summed E-state index contributed by atoms with van der Waals surface area (Å²) in [6.45, 7) is 4.47. The number of fused-ring (bicyclic) bond motifs is 2. The Hall–Kier alpha value is -3.05. The molecule has 1 aliphatic heterocycles. The van der Waals surface area contributed by atoms with Crippen LogP contribution in [0.3, 0.4) is 0 Å². The van der Waals surface area contributed by atoms with Gasteiger partial charge in [0, 0.05) is 34.1 Å². The van der Waals surface area contributed by atoms with Crippen LogP contribution in [-0.4, -0.2) is 32.3 Å². The molecule has 0 saturated heterocycles. The lowest BCUT2D eigenvalue weighted by Gasteiger charge is -2.22. The van der Waals surface area contributed by atoms with Crippen LogP contribution in [0, 0.1) is 18.3 Å². The smallest absolute Gasteiger partial charge is 0.276 e. The van der Waals surface area contributed by atoms with Crippen LogP contribution in [-0.2, 0) is 11.2 Å². The van der Waals surface area contributed by atoms with Crippen molar-refractivity contribution in [2.45, 2.75) is 36.8 Å². The fraction of sp³-hybridized carbons (Fsp3) is 0.300. The first kappa shape index (κ1) is 18.3. The van der Waals surface area contributed by atoms with Crippen LogP contribution in [0.1, 0.15) is 30.2 Å². The van der Waals surface area contributed by atoms with Crippen molar-refractivity contribution in [2.24, 2.45) is 0 Å². The van der Waals surface area contributed by atoms with E-state index in [9.17, 15) is 9.59 Å². The summed E-state index contributed by atoms with van der Waals surface area (Å²) in [5.41, 5.74) is 1.94. The van der Waals surface area contributed by atoms with Crippen LogP contribution in [0.4, 0.5) is 5.69 Å². The topological polar surface area (TPSA) is 94.3 Å². The van der Waals surface area contributed by atoms with E-state index in [0.717, 1.165) is 17.0 Å². The fourth-order valence-corrected chi connectivity index (χ4v) is 4.55. The molecule has 0 unspecified atom stereocenters. The second-order valence-corrected chi connectivity index (χ2v) is 8.33. The van der Waals surface area contributed by atoms with Crippen LogP contribution in [0.5, 0.6) is 0 Å². The van der Waals surface area contributed by atoms with Crippen molar-refractivity contribution < 1.29 is 4.79 Å². The van der Waals surface area contributed by atoms with Gasteiger partial charge in [-0.25, -0.2) is 9.50 Å². The quantitative estimate of drug-likeness (QED) is 0.722. The summed E-state index contributed by atoms with van der Waals surface area (Å²) in [6.07, 6.45) is 2.29. The number of benzene rings is 1. The van der Waals surface area contributed by atoms with Gasteiger partial charge in [-0.15, -0.1) is 11.8 Å². The molecule has 0 radical (unpaired) electrons. The zero-order valence-electron chi connectivity index (χ0n) is 15.6. The van der Waals surface area contributed by atoms with Gasteiger partial charge in [0.1, 0.15) is 11.6 Å². The zero-order chi connectivity index (χ0) is 19.8. The average Bonchev–Trinajstić information content (AvgIpc) is 3.00. The molecule has 1 aliphatic rings. The van der Waals surface area contributed by atoms with E-state index in [-0.39, 0.29) is 23.5 Å². The van der Waals surface area contributed by atoms with E-state index in [2.05, 4.69) is 17.0 Å². The molecule has 4 rings (SSSR count). The lowest BCUT2D eigenvalue weighted by atomic mass is 10.1. The van der Waals surface area contributed by atoms with Gasteiger partial charge < -0.3 is 4.90 Å². The Bertz CT molecular complexity index is 1170. The number of hydrogen-bond acceptors (Lipinski definition) is 5. The minimum atomic E-state index is -0.344. The number of H-pyrrole nitrogens is 1. The molecule has 3 heterocycles. The minimum Gasteiger partial charge on any atom is -0.311 e. The number of aryl methyl sites for hydroxylation is 1. The molecule has 142 valence electrons. The lowest BCUT2D eigenvalue weighted by Crippen LogP contribution is -2.36. The van der Waals surface area contributed by atoms with E-state index >= 15 is 0 Å². The summed E-state index contributed by atoms with van der Waals surface area (Å²) in [5, 5.41) is 12.3. The van der Waals surface area contributed by atoms with Crippen LogP contribution in [0.15, 0.2) is 40.2 Å². The van der Waals surface area contributed by atoms with Gasteiger partial charge in [0.05, 0.1) is 12.1 Å². The SMILES string of the molecule is Cc1nc2c(C#N)c[nH]n2c(=O)c1CC(=O)N1CC[C@@H](C)Sc2ccccc21. The highest BCUT2D eigenvalue weighted by Gasteiger charge is 2.26. The molecule has 8 heteroatoms. The van der Waals surface area contributed by atoms with Crippen molar-refractivity contribution in [1.29, 1.82) is 5.26 Å². The van der Waals surface area contributed by atoms with Gasteiger partial charge in [-0.1, -0.05) is 19.1 Å². The Morgan fingerprint density at radius 1 is 1.43 bits per heavy atom.